The van der Waals surface area contributed by atoms with Crippen molar-refractivity contribution in [2.75, 3.05) is 13.2 Å². The van der Waals surface area contributed by atoms with E-state index in [1.165, 1.54) is 19.3 Å². The van der Waals surface area contributed by atoms with E-state index in [1.807, 2.05) is 13.8 Å². The van der Waals surface area contributed by atoms with Crippen LogP contribution < -0.4 is 0 Å². The molecule has 1 fully saturated rings. The Morgan fingerprint density at radius 1 is 1.24 bits per heavy atom. The smallest absolute Gasteiger partial charge is 0.308 e. The van der Waals surface area contributed by atoms with Crippen LogP contribution in [0.2, 0.25) is 0 Å². The Hall–Kier alpha value is -0.110. The molecule has 0 spiro atoms. The van der Waals surface area contributed by atoms with Gasteiger partial charge in [-0.05, 0) is 32.6 Å². The van der Waals surface area contributed by atoms with Gasteiger partial charge >= 0.3 is 7.60 Å². The summed E-state index contributed by atoms with van der Waals surface area (Å²) in [5, 5.41) is 0. The Labute approximate surface area is 105 Å². The average molecular weight is 260 g/mol. The van der Waals surface area contributed by atoms with Gasteiger partial charge in [-0.2, -0.15) is 0 Å². The van der Waals surface area contributed by atoms with Crippen LogP contribution in [0.25, 0.3) is 0 Å². The van der Waals surface area contributed by atoms with Crippen LogP contribution in [0.1, 0.15) is 46.0 Å². The van der Waals surface area contributed by atoms with Crippen LogP contribution in [0.5, 0.6) is 0 Å². The van der Waals surface area contributed by atoms with Gasteiger partial charge in [-0.25, -0.2) is 0 Å². The van der Waals surface area contributed by atoms with Crippen LogP contribution in [0.15, 0.2) is 12.7 Å². The summed E-state index contributed by atoms with van der Waals surface area (Å²) in [7, 11) is -3.02. The molecule has 1 aliphatic rings. The number of hydrogen-bond donors (Lipinski definition) is 0. The highest BCUT2D eigenvalue weighted by molar-refractivity contribution is 7.54. The molecule has 0 bridgehead atoms. The molecule has 0 amide bonds. The molecule has 1 unspecified atom stereocenters. The fourth-order valence-electron chi connectivity index (χ4n) is 2.62. The Balaban J connectivity index is 2.79. The van der Waals surface area contributed by atoms with Crippen LogP contribution in [0.4, 0.5) is 0 Å². The first kappa shape index (κ1) is 14.9. The van der Waals surface area contributed by atoms with E-state index in [9.17, 15) is 4.57 Å². The Bertz CT molecular complexity index is 262. The van der Waals surface area contributed by atoms with Crippen LogP contribution in [-0.4, -0.2) is 18.9 Å². The van der Waals surface area contributed by atoms with E-state index < -0.39 is 7.60 Å². The molecular weight excluding hydrogens is 235 g/mol. The van der Waals surface area contributed by atoms with E-state index in [4.69, 9.17) is 9.05 Å². The molecule has 1 saturated carbocycles. The standard InChI is InChI=1S/C13H25O3P/c1-4-13(12-10-8-7-9-11-12)17(14,15-5-2)16-6-3/h4,12-13H,1,5-11H2,2-3H3. The lowest BCUT2D eigenvalue weighted by molar-refractivity contribution is 0.202. The molecule has 1 atom stereocenters. The Kier molecular flexibility index (Phi) is 6.47. The minimum absolute atomic E-state index is 0.136. The predicted molar refractivity (Wildman–Crippen MR) is 71.4 cm³/mol. The molecule has 0 aromatic rings. The van der Waals surface area contributed by atoms with Gasteiger partial charge in [0.15, 0.2) is 0 Å². The summed E-state index contributed by atoms with van der Waals surface area (Å²) in [6.07, 6.45) is 7.72. The summed E-state index contributed by atoms with van der Waals surface area (Å²) in [6, 6.07) is 0. The van der Waals surface area contributed by atoms with E-state index in [0.717, 1.165) is 12.8 Å². The zero-order valence-corrected chi connectivity index (χ0v) is 12.0. The second kappa shape index (κ2) is 7.35. The topological polar surface area (TPSA) is 35.5 Å². The minimum Gasteiger partial charge on any atom is -0.308 e. The maximum absolute atomic E-state index is 12.7. The van der Waals surface area contributed by atoms with Gasteiger partial charge in [0.1, 0.15) is 0 Å². The van der Waals surface area contributed by atoms with Crippen molar-refractivity contribution < 1.29 is 13.6 Å². The van der Waals surface area contributed by atoms with E-state index in [2.05, 4.69) is 6.58 Å². The molecule has 100 valence electrons. The average Bonchev–Trinajstić information content (AvgIpc) is 2.31. The number of hydrogen-bond acceptors (Lipinski definition) is 3. The lowest BCUT2D eigenvalue weighted by Gasteiger charge is -2.32. The molecule has 1 aliphatic carbocycles. The van der Waals surface area contributed by atoms with Gasteiger partial charge in [0.25, 0.3) is 0 Å². The van der Waals surface area contributed by atoms with Crippen molar-refractivity contribution in [1.29, 1.82) is 0 Å². The van der Waals surface area contributed by atoms with Gasteiger partial charge in [0.05, 0.1) is 18.9 Å². The van der Waals surface area contributed by atoms with E-state index in [0.29, 0.717) is 19.1 Å². The molecule has 4 heteroatoms. The second-order valence-corrected chi connectivity index (χ2v) is 6.69. The van der Waals surface area contributed by atoms with Crippen molar-refractivity contribution >= 4 is 7.60 Å². The fourth-order valence-corrected chi connectivity index (χ4v) is 4.84. The number of rotatable bonds is 7. The third-order valence-corrected chi connectivity index (χ3v) is 5.96. The molecule has 3 nitrogen and oxygen atoms in total. The lowest BCUT2D eigenvalue weighted by atomic mass is 9.87. The van der Waals surface area contributed by atoms with Crippen LogP contribution >= 0.6 is 7.60 Å². The maximum Gasteiger partial charge on any atom is 0.337 e. The highest BCUT2D eigenvalue weighted by atomic mass is 31.2. The van der Waals surface area contributed by atoms with Gasteiger partial charge in [0, 0.05) is 0 Å². The van der Waals surface area contributed by atoms with Gasteiger partial charge in [-0.3, -0.25) is 4.57 Å². The summed E-state index contributed by atoms with van der Waals surface area (Å²) < 4.78 is 23.6. The quantitative estimate of drug-likeness (QED) is 0.503. The zero-order valence-electron chi connectivity index (χ0n) is 11.1. The highest BCUT2D eigenvalue weighted by Crippen LogP contribution is 2.57. The summed E-state index contributed by atoms with van der Waals surface area (Å²) >= 11 is 0. The van der Waals surface area contributed by atoms with Crippen molar-refractivity contribution in [3.8, 4) is 0 Å². The Morgan fingerprint density at radius 3 is 2.18 bits per heavy atom. The SMILES string of the molecule is C=CC(C1CCCCC1)P(=O)(OCC)OCC. The summed E-state index contributed by atoms with van der Waals surface area (Å²) in [5.74, 6) is 0.408. The zero-order chi connectivity index (χ0) is 12.7. The molecule has 0 aliphatic heterocycles. The van der Waals surface area contributed by atoms with Crippen LogP contribution in [0, 0.1) is 5.92 Å². The third kappa shape index (κ3) is 3.94. The van der Waals surface area contributed by atoms with Crippen molar-refractivity contribution in [2.45, 2.75) is 51.6 Å². The fraction of sp³-hybridized carbons (Fsp3) is 0.846. The molecule has 1 rings (SSSR count). The Morgan fingerprint density at radius 2 is 1.76 bits per heavy atom. The first-order valence-electron chi connectivity index (χ1n) is 6.69. The van der Waals surface area contributed by atoms with Gasteiger partial charge in [-0.15, -0.1) is 6.58 Å². The number of allylic oxidation sites excluding steroid dienone is 1. The van der Waals surface area contributed by atoms with E-state index in [1.54, 1.807) is 6.08 Å². The first-order valence-corrected chi connectivity index (χ1v) is 8.30. The maximum atomic E-state index is 12.7. The lowest BCUT2D eigenvalue weighted by Crippen LogP contribution is -2.23. The van der Waals surface area contributed by atoms with Crippen molar-refractivity contribution in [2.24, 2.45) is 5.92 Å². The molecule has 0 heterocycles. The van der Waals surface area contributed by atoms with E-state index >= 15 is 0 Å². The predicted octanol–water partition coefficient (Wildman–Crippen LogP) is 4.39. The molecule has 17 heavy (non-hydrogen) atoms. The van der Waals surface area contributed by atoms with Gasteiger partial charge < -0.3 is 9.05 Å². The van der Waals surface area contributed by atoms with E-state index in [-0.39, 0.29) is 5.66 Å². The largest absolute Gasteiger partial charge is 0.337 e. The van der Waals surface area contributed by atoms with Gasteiger partial charge in [-0.1, -0.05) is 25.3 Å². The van der Waals surface area contributed by atoms with Crippen molar-refractivity contribution in [1.82, 2.24) is 0 Å². The second-order valence-electron chi connectivity index (χ2n) is 4.50. The molecular formula is C13H25O3P. The monoisotopic (exact) mass is 260 g/mol. The normalized spacial score (nSPS) is 20.1. The molecule has 0 saturated heterocycles. The summed E-state index contributed by atoms with van der Waals surface area (Å²) in [4.78, 5) is 0. The van der Waals surface area contributed by atoms with Gasteiger partial charge in [0.2, 0.25) is 0 Å². The van der Waals surface area contributed by atoms with Crippen LogP contribution in [0.3, 0.4) is 0 Å². The molecule has 0 aromatic carbocycles. The summed E-state index contributed by atoms with van der Waals surface area (Å²) in [6.45, 7) is 8.39. The molecule has 0 aromatic heterocycles. The molecule has 0 N–H and O–H groups in total. The van der Waals surface area contributed by atoms with Crippen molar-refractivity contribution in [3.63, 3.8) is 0 Å². The van der Waals surface area contributed by atoms with Crippen molar-refractivity contribution in [3.05, 3.63) is 12.7 Å². The van der Waals surface area contributed by atoms with Crippen LogP contribution in [-0.2, 0) is 13.6 Å². The third-order valence-electron chi connectivity index (χ3n) is 3.36. The summed E-state index contributed by atoms with van der Waals surface area (Å²) in [5.41, 5.74) is -0.136. The minimum atomic E-state index is -3.02. The highest BCUT2D eigenvalue weighted by Gasteiger charge is 2.39. The molecule has 0 radical (unpaired) electrons. The first-order chi connectivity index (χ1) is 8.18.